The number of benzene rings is 2. The molecule has 3 heterocycles. The molecule has 8 heteroatoms. The number of aromatic carboxylic acids is 1. The first-order valence-corrected chi connectivity index (χ1v) is 12.9. The van der Waals surface area contributed by atoms with Gasteiger partial charge in [0.15, 0.2) is 0 Å². The molecule has 36 heavy (non-hydrogen) atoms. The van der Waals surface area contributed by atoms with Crippen LogP contribution in [-0.4, -0.2) is 58.4 Å². The van der Waals surface area contributed by atoms with E-state index in [2.05, 4.69) is 63.6 Å². The van der Waals surface area contributed by atoms with Crippen LogP contribution in [0.5, 0.6) is 5.75 Å². The molecule has 2 aromatic carbocycles. The number of aromatic nitrogens is 2. The van der Waals surface area contributed by atoms with Crippen molar-refractivity contribution in [2.75, 3.05) is 31.1 Å². The average Bonchev–Trinajstić information content (AvgIpc) is 3.56. The molecular weight excluding hydrogens is 456 g/mol. The number of anilines is 1. The van der Waals surface area contributed by atoms with Gasteiger partial charge in [-0.2, -0.15) is 0 Å². The van der Waals surface area contributed by atoms with E-state index in [0.717, 1.165) is 44.8 Å². The number of carbonyl (C=O) groups is 1. The Morgan fingerprint density at radius 1 is 1.03 bits per heavy atom. The number of carboxylic acids is 1. The summed E-state index contributed by atoms with van der Waals surface area (Å²) in [6.45, 7) is 4.57. The van der Waals surface area contributed by atoms with Crippen LogP contribution in [0.2, 0.25) is 0 Å². The van der Waals surface area contributed by atoms with Crippen molar-refractivity contribution < 1.29 is 19.1 Å². The lowest BCUT2D eigenvalue weighted by Crippen LogP contribution is -2.56. The van der Waals surface area contributed by atoms with Gasteiger partial charge in [-0.05, 0) is 68.3 Å². The Morgan fingerprint density at radius 2 is 1.78 bits per heavy atom. The van der Waals surface area contributed by atoms with Gasteiger partial charge >= 0.3 is 17.9 Å². The molecule has 1 spiro atoms. The van der Waals surface area contributed by atoms with Gasteiger partial charge in [-0.3, -0.25) is 0 Å². The van der Waals surface area contributed by atoms with Crippen LogP contribution in [-0.2, 0) is 6.61 Å². The second-order valence-corrected chi connectivity index (χ2v) is 10.6. The highest BCUT2D eigenvalue weighted by atomic mass is 16.5. The Bertz CT molecular complexity index is 1200. The molecule has 1 atom stereocenters. The molecule has 1 unspecified atom stereocenters. The van der Waals surface area contributed by atoms with Crippen LogP contribution in [0.3, 0.4) is 0 Å². The standard InChI is InChI=1S/C28H32N4O4/c33-26(34)25-29-30-27(36-25)32-18-28(19-32)13-10-22(16-28)31-14-11-21(12-15-31)23-8-4-5-9-24(23)35-17-20-6-2-1-3-7-20/h1-9,21-22H,10-19H2,(H,33,34). The summed E-state index contributed by atoms with van der Waals surface area (Å²) in [6.07, 6.45) is 5.91. The number of hydrogen-bond donors (Lipinski definition) is 1. The van der Waals surface area contributed by atoms with E-state index >= 15 is 0 Å². The molecular formula is C28H32N4O4. The molecule has 2 saturated heterocycles. The highest BCUT2D eigenvalue weighted by Gasteiger charge is 2.50. The highest BCUT2D eigenvalue weighted by molar-refractivity contribution is 5.82. The van der Waals surface area contributed by atoms with Crippen molar-refractivity contribution in [2.24, 2.45) is 5.41 Å². The third kappa shape index (κ3) is 4.57. The molecule has 0 amide bonds. The maximum atomic E-state index is 11.0. The zero-order valence-corrected chi connectivity index (χ0v) is 20.4. The van der Waals surface area contributed by atoms with Crippen LogP contribution in [0, 0.1) is 5.41 Å². The van der Waals surface area contributed by atoms with Gasteiger partial charge in [-0.25, -0.2) is 4.79 Å². The Hall–Kier alpha value is -3.39. The number of carboxylic acid groups (broad SMARTS) is 1. The SMILES string of the molecule is O=C(O)c1nnc(N2CC3(CCC(N4CCC(c5ccccc5OCc5ccccc5)CC4)C3)C2)o1. The van der Waals surface area contributed by atoms with Crippen LogP contribution in [0.4, 0.5) is 6.01 Å². The molecule has 8 nitrogen and oxygen atoms in total. The summed E-state index contributed by atoms with van der Waals surface area (Å²) in [5.41, 5.74) is 2.82. The Kier molecular flexibility index (Phi) is 6.13. The number of nitrogens with zero attached hydrogens (tertiary/aromatic N) is 4. The maximum absolute atomic E-state index is 11.0. The second-order valence-electron chi connectivity index (χ2n) is 10.6. The Labute approximate surface area is 210 Å². The smallest absolute Gasteiger partial charge is 0.393 e. The molecule has 0 radical (unpaired) electrons. The van der Waals surface area contributed by atoms with Gasteiger partial charge in [-0.15, -0.1) is 0 Å². The largest absolute Gasteiger partial charge is 0.489 e. The molecule has 188 valence electrons. The zero-order chi connectivity index (χ0) is 24.5. The van der Waals surface area contributed by atoms with E-state index in [4.69, 9.17) is 14.3 Å². The fourth-order valence-corrected chi connectivity index (χ4v) is 6.36. The lowest BCUT2D eigenvalue weighted by molar-refractivity contribution is 0.0653. The van der Waals surface area contributed by atoms with Gasteiger partial charge in [0.05, 0.1) is 0 Å². The molecule has 3 fully saturated rings. The predicted molar refractivity (Wildman–Crippen MR) is 134 cm³/mol. The maximum Gasteiger partial charge on any atom is 0.393 e. The van der Waals surface area contributed by atoms with Crippen LogP contribution < -0.4 is 9.64 Å². The van der Waals surface area contributed by atoms with Gasteiger partial charge in [0, 0.05) is 24.5 Å². The van der Waals surface area contributed by atoms with E-state index in [-0.39, 0.29) is 11.3 Å². The van der Waals surface area contributed by atoms with Crippen molar-refractivity contribution >= 4 is 12.0 Å². The summed E-state index contributed by atoms with van der Waals surface area (Å²) in [5.74, 6) is 0.0221. The third-order valence-electron chi connectivity index (χ3n) is 8.24. The first-order valence-electron chi connectivity index (χ1n) is 12.9. The van der Waals surface area contributed by atoms with Gasteiger partial charge in [-0.1, -0.05) is 58.7 Å². The molecule has 3 aromatic rings. The van der Waals surface area contributed by atoms with E-state index in [9.17, 15) is 4.79 Å². The van der Waals surface area contributed by atoms with Crippen LogP contribution in [0.25, 0.3) is 0 Å². The number of para-hydroxylation sites is 1. The summed E-state index contributed by atoms with van der Waals surface area (Å²) in [6, 6.07) is 19.8. The van der Waals surface area contributed by atoms with Crippen molar-refractivity contribution in [2.45, 2.75) is 50.7 Å². The van der Waals surface area contributed by atoms with Crippen molar-refractivity contribution in [3.8, 4) is 5.75 Å². The van der Waals surface area contributed by atoms with Crippen molar-refractivity contribution in [1.82, 2.24) is 15.1 Å². The summed E-state index contributed by atoms with van der Waals surface area (Å²) in [5, 5.41) is 16.5. The Balaban J connectivity index is 1.01. The number of ether oxygens (including phenoxy) is 1. The lowest BCUT2D eigenvalue weighted by Gasteiger charge is -2.48. The number of rotatable bonds is 7. The van der Waals surface area contributed by atoms with E-state index in [0.29, 0.717) is 24.6 Å². The zero-order valence-electron chi connectivity index (χ0n) is 20.4. The van der Waals surface area contributed by atoms with Crippen LogP contribution >= 0.6 is 0 Å². The molecule has 1 aromatic heterocycles. The summed E-state index contributed by atoms with van der Waals surface area (Å²) in [7, 11) is 0. The van der Waals surface area contributed by atoms with E-state index < -0.39 is 5.97 Å². The molecule has 6 rings (SSSR count). The van der Waals surface area contributed by atoms with Crippen molar-refractivity contribution in [3.05, 3.63) is 71.6 Å². The summed E-state index contributed by atoms with van der Waals surface area (Å²) in [4.78, 5) is 15.7. The fraction of sp³-hybridized carbons (Fsp3) is 0.464. The molecule has 2 aliphatic heterocycles. The highest BCUT2D eigenvalue weighted by Crippen LogP contribution is 2.49. The topological polar surface area (TPSA) is 91.9 Å². The molecule has 3 aliphatic rings. The molecule has 1 saturated carbocycles. The first-order chi connectivity index (χ1) is 17.6. The minimum atomic E-state index is -1.18. The Morgan fingerprint density at radius 3 is 2.53 bits per heavy atom. The summed E-state index contributed by atoms with van der Waals surface area (Å²) < 4.78 is 11.5. The predicted octanol–water partition coefficient (Wildman–Crippen LogP) is 4.59. The van der Waals surface area contributed by atoms with Gasteiger partial charge in [0.25, 0.3) is 0 Å². The normalized spacial score (nSPS) is 22.0. The minimum Gasteiger partial charge on any atom is -0.489 e. The third-order valence-corrected chi connectivity index (χ3v) is 8.24. The lowest BCUT2D eigenvalue weighted by atomic mass is 9.78. The van der Waals surface area contributed by atoms with Crippen LogP contribution in [0.1, 0.15) is 59.8 Å². The fourth-order valence-electron chi connectivity index (χ4n) is 6.36. The average molecular weight is 489 g/mol. The van der Waals surface area contributed by atoms with Crippen molar-refractivity contribution in [3.63, 3.8) is 0 Å². The van der Waals surface area contributed by atoms with E-state index in [1.807, 2.05) is 11.0 Å². The number of piperidine rings is 1. The number of likely N-dealkylation sites (tertiary alicyclic amines) is 1. The quantitative estimate of drug-likeness (QED) is 0.517. The second kappa shape index (κ2) is 9.58. The molecule has 0 bridgehead atoms. The van der Waals surface area contributed by atoms with E-state index in [1.54, 1.807) is 0 Å². The monoisotopic (exact) mass is 488 g/mol. The van der Waals surface area contributed by atoms with Gasteiger partial charge in [0.1, 0.15) is 12.4 Å². The van der Waals surface area contributed by atoms with Crippen LogP contribution in [0.15, 0.2) is 59.0 Å². The van der Waals surface area contributed by atoms with Crippen molar-refractivity contribution in [1.29, 1.82) is 0 Å². The molecule has 1 N–H and O–H groups in total. The van der Waals surface area contributed by atoms with Gasteiger partial charge < -0.3 is 24.1 Å². The van der Waals surface area contributed by atoms with Gasteiger partial charge in [0.2, 0.25) is 0 Å². The first kappa shape index (κ1) is 23.0. The minimum absolute atomic E-state index is 0.289. The number of hydrogen-bond acceptors (Lipinski definition) is 7. The molecule has 1 aliphatic carbocycles. The van der Waals surface area contributed by atoms with E-state index in [1.165, 1.54) is 30.4 Å². The summed E-state index contributed by atoms with van der Waals surface area (Å²) >= 11 is 0.